The average molecular weight is 300 g/mol. The zero-order chi connectivity index (χ0) is 14.9. The van der Waals surface area contributed by atoms with E-state index < -0.39 is 15.8 Å². The van der Waals surface area contributed by atoms with Gasteiger partial charge in [0.1, 0.15) is 5.82 Å². The van der Waals surface area contributed by atoms with Crippen molar-refractivity contribution in [3.8, 4) is 0 Å². The van der Waals surface area contributed by atoms with E-state index in [1.807, 2.05) is 0 Å². The third-order valence-electron chi connectivity index (χ3n) is 3.84. The van der Waals surface area contributed by atoms with Gasteiger partial charge in [-0.2, -0.15) is 4.31 Å². The van der Waals surface area contributed by atoms with Gasteiger partial charge in [-0.25, -0.2) is 12.8 Å². The minimum absolute atomic E-state index is 0.208. The molecule has 0 aromatic heterocycles. The number of halogens is 1. The third-order valence-corrected chi connectivity index (χ3v) is 6.01. The fraction of sp³-hybridized carbons (Fsp3) is 0.571. The summed E-state index contributed by atoms with van der Waals surface area (Å²) in [5.41, 5.74) is 6.57. The molecule has 0 aliphatic carbocycles. The van der Waals surface area contributed by atoms with Crippen molar-refractivity contribution in [2.45, 2.75) is 31.6 Å². The first-order chi connectivity index (χ1) is 9.36. The van der Waals surface area contributed by atoms with Crippen LogP contribution in [0.25, 0.3) is 0 Å². The Morgan fingerprint density at radius 2 is 1.95 bits per heavy atom. The Kier molecular flexibility index (Phi) is 4.46. The third kappa shape index (κ3) is 2.87. The Balaban J connectivity index is 2.40. The van der Waals surface area contributed by atoms with Crippen LogP contribution in [-0.2, 0) is 10.0 Å². The van der Waals surface area contributed by atoms with Gasteiger partial charge in [0.25, 0.3) is 0 Å². The first-order valence-corrected chi connectivity index (χ1v) is 8.27. The highest BCUT2D eigenvalue weighted by atomic mass is 32.2. The highest BCUT2D eigenvalue weighted by Crippen LogP contribution is 2.28. The van der Waals surface area contributed by atoms with E-state index in [1.165, 1.54) is 16.4 Å². The Morgan fingerprint density at radius 3 is 2.50 bits per heavy atom. The lowest BCUT2D eigenvalue weighted by atomic mass is 10.0. The molecule has 1 saturated heterocycles. The van der Waals surface area contributed by atoms with Crippen molar-refractivity contribution in [2.24, 2.45) is 11.7 Å². The summed E-state index contributed by atoms with van der Waals surface area (Å²) in [6.07, 6.45) is 1.78. The highest BCUT2D eigenvalue weighted by molar-refractivity contribution is 7.89. The largest absolute Gasteiger partial charge is 0.330 e. The molecule has 1 aromatic carbocycles. The second kappa shape index (κ2) is 5.79. The smallest absolute Gasteiger partial charge is 0.243 e. The summed E-state index contributed by atoms with van der Waals surface area (Å²) in [6, 6.07) is 2.54. The molecule has 0 bridgehead atoms. The summed E-state index contributed by atoms with van der Waals surface area (Å²) < 4.78 is 40.3. The van der Waals surface area contributed by atoms with Crippen LogP contribution in [0.2, 0.25) is 0 Å². The van der Waals surface area contributed by atoms with Gasteiger partial charge in [0.15, 0.2) is 0 Å². The molecule has 6 heteroatoms. The highest BCUT2D eigenvalue weighted by Gasteiger charge is 2.31. The van der Waals surface area contributed by atoms with Gasteiger partial charge in [-0.3, -0.25) is 0 Å². The first kappa shape index (κ1) is 15.4. The molecule has 112 valence electrons. The molecule has 4 nitrogen and oxygen atoms in total. The van der Waals surface area contributed by atoms with Crippen LogP contribution in [-0.4, -0.2) is 32.4 Å². The first-order valence-electron chi connectivity index (χ1n) is 6.83. The molecule has 1 aliphatic heterocycles. The van der Waals surface area contributed by atoms with Crippen molar-refractivity contribution in [1.29, 1.82) is 0 Å². The van der Waals surface area contributed by atoms with Crippen molar-refractivity contribution in [2.75, 3.05) is 19.6 Å². The number of aryl methyl sites for hydroxylation is 2. The van der Waals surface area contributed by atoms with Crippen molar-refractivity contribution in [1.82, 2.24) is 4.31 Å². The Bertz CT molecular complexity index is 578. The second-order valence-electron chi connectivity index (χ2n) is 5.48. The van der Waals surface area contributed by atoms with Gasteiger partial charge in [0, 0.05) is 13.1 Å². The molecular formula is C14H21FN2O2S. The normalized spacial score (nSPS) is 21.1. The summed E-state index contributed by atoms with van der Waals surface area (Å²) in [7, 11) is -3.57. The number of sulfonamides is 1. The van der Waals surface area contributed by atoms with E-state index in [2.05, 4.69) is 0 Å². The summed E-state index contributed by atoms with van der Waals surface area (Å²) in [6.45, 7) is 4.72. The van der Waals surface area contributed by atoms with Gasteiger partial charge in [-0.05, 0) is 62.4 Å². The molecule has 0 saturated carbocycles. The number of nitrogens with two attached hydrogens (primary N) is 1. The fourth-order valence-corrected chi connectivity index (χ4v) is 4.84. The molecule has 20 heavy (non-hydrogen) atoms. The van der Waals surface area contributed by atoms with E-state index in [0.717, 1.165) is 12.8 Å². The molecule has 2 rings (SSSR count). The van der Waals surface area contributed by atoms with E-state index in [4.69, 9.17) is 5.73 Å². The molecule has 1 aromatic rings. The number of benzene rings is 1. The lowest BCUT2D eigenvalue weighted by Crippen LogP contribution is -2.42. The zero-order valence-electron chi connectivity index (χ0n) is 11.9. The molecule has 1 fully saturated rings. The van der Waals surface area contributed by atoms with Crippen LogP contribution in [0.3, 0.4) is 0 Å². The molecule has 1 heterocycles. The number of hydrogen-bond donors (Lipinski definition) is 1. The minimum atomic E-state index is -3.57. The summed E-state index contributed by atoms with van der Waals surface area (Å²) in [5, 5.41) is 0. The predicted molar refractivity (Wildman–Crippen MR) is 76.4 cm³/mol. The molecule has 2 N–H and O–H groups in total. The van der Waals surface area contributed by atoms with Gasteiger partial charge >= 0.3 is 0 Å². The van der Waals surface area contributed by atoms with Crippen LogP contribution in [0.4, 0.5) is 4.39 Å². The number of hydrogen-bond acceptors (Lipinski definition) is 3. The standard InChI is InChI=1S/C14H21FN2O2S/c1-10-6-13(15)7-11(2)14(10)20(18,19)17-5-3-4-12(8-16)9-17/h6-7,12H,3-5,8-9,16H2,1-2H3. The quantitative estimate of drug-likeness (QED) is 0.926. The Hall–Kier alpha value is -0.980. The van der Waals surface area contributed by atoms with E-state index in [1.54, 1.807) is 13.8 Å². The van der Waals surface area contributed by atoms with Gasteiger partial charge in [0.2, 0.25) is 10.0 Å². The molecule has 0 radical (unpaired) electrons. The van der Waals surface area contributed by atoms with Crippen LogP contribution in [0.1, 0.15) is 24.0 Å². The SMILES string of the molecule is Cc1cc(F)cc(C)c1S(=O)(=O)N1CCCC(CN)C1. The van der Waals surface area contributed by atoms with Crippen LogP contribution >= 0.6 is 0 Å². The lowest BCUT2D eigenvalue weighted by molar-refractivity contribution is 0.271. The second-order valence-corrected chi connectivity index (χ2v) is 7.35. The van der Waals surface area contributed by atoms with Gasteiger partial charge < -0.3 is 5.73 Å². The van der Waals surface area contributed by atoms with Crippen LogP contribution in [0.5, 0.6) is 0 Å². The van der Waals surface area contributed by atoms with Crippen LogP contribution in [0, 0.1) is 25.6 Å². The molecule has 1 aliphatic rings. The molecular weight excluding hydrogens is 279 g/mol. The Labute approximate surface area is 119 Å². The number of piperidine rings is 1. The minimum Gasteiger partial charge on any atom is -0.330 e. The predicted octanol–water partition coefficient (Wildman–Crippen LogP) is 1.80. The molecule has 1 atom stereocenters. The fourth-order valence-electron chi connectivity index (χ4n) is 2.87. The van der Waals surface area contributed by atoms with Crippen LogP contribution in [0.15, 0.2) is 17.0 Å². The van der Waals surface area contributed by atoms with E-state index in [9.17, 15) is 12.8 Å². The van der Waals surface area contributed by atoms with Crippen molar-refractivity contribution >= 4 is 10.0 Å². The maximum absolute atomic E-state index is 13.3. The van der Waals surface area contributed by atoms with Crippen molar-refractivity contribution in [3.63, 3.8) is 0 Å². The van der Waals surface area contributed by atoms with Crippen LogP contribution < -0.4 is 5.73 Å². The molecule has 0 spiro atoms. The van der Waals surface area contributed by atoms with E-state index >= 15 is 0 Å². The number of nitrogens with zero attached hydrogens (tertiary/aromatic N) is 1. The summed E-state index contributed by atoms with van der Waals surface area (Å²) in [5.74, 6) is -0.197. The molecule has 1 unspecified atom stereocenters. The van der Waals surface area contributed by atoms with Crippen molar-refractivity contribution < 1.29 is 12.8 Å². The number of rotatable bonds is 3. The topological polar surface area (TPSA) is 63.4 Å². The lowest BCUT2D eigenvalue weighted by Gasteiger charge is -2.32. The van der Waals surface area contributed by atoms with Gasteiger partial charge in [-0.15, -0.1) is 0 Å². The monoisotopic (exact) mass is 300 g/mol. The maximum Gasteiger partial charge on any atom is 0.243 e. The van der Waals surface area contributed by atoms with E-state index in [-0.39, 0.29) is 10.8 Å². The maximum atomic E-state index is 13.3. The summed E-state index contributed by atoms with van der Waals surface area (Å²) in [4.78, 5) is 0.233. The van der Waals surface area contributed by atoms with E-state index in [0.29, 0.717) is 30.8 Å². The average Bonchev–Trinajstić information content (AvgIpc) is 2.37. The molecule has 0 amide bonds. The zero-order valence-corrected chi connectivity index (χ0v) is 12.7. The summed E-state index contributed by atoms with van der Waals surface area (Å²) >= 11 is 0. The van der Waals surface area contributed by atoms with Crippen molar-refractivity contribution in [3.05, 3.63) is 29.1 Å². The Morgan fingerprint density at radius 1 is 1.35 bits per heavy atom. The van der Waals surface area contributed by atoms with Gasteiger partial charge in [0.05, 0.1) is 4.90 Å². The van der Waals surface area contributed by atoms with Gasteiger partial charge in [-0.1, -0.05) is 0 Å².